The monoisotopic (exact) mass is 497 g/mol. The van der Waals surface area contributed by atoms with Crippen molar-refractivity contribution in [2.24, 2.45) is 0 Å². The standard InChI is InChI=1S/C29H39NO6/c1-2-34-27(28(31)32)22-24-15-17-25(18-16-24)35-21-20-30(19-9-12-23-10-5-3-6-11-23)29(33)36-26-13-7-4-8-14-26/h3,5-6,10-11,15-18,26-27H,2,4,7-9,12-14,19-22H2,1H3,(H,31,32). The second kappa shape index (κ2) is 15.1. The summed E-state index contributed by atoms with van der Waals surface area (Å²) in [5.41, 5.74) is 2.12. The predicted molar refractivity (Wildman–Crippen MR) is 138 cm³/mol. The summed E-state index contributed by atoms with van der Waals surface area (Å²) in [7, 11) is 0. The van der Waals surface area contributed by atoms with Crippen LogP contribution in [0.3, 0.4) is 0 Å². The molecule has 0 spiro atoms. The maximum absolute atomic E-state index is 12.9. The molecule has 1 saturated carbocycles. The number of hydrogen-bond donors (Lipinski definition) is 1. The van der Waals surface area contributed by atoms with E-state index < -0.39 is 12.1 Å². The first-order chi connectivity index (χ1) is 17.5. The van der Waals surface area contributed by atoms with Crippen molar-refractivity contribution in [1.29, 1.82) is 0 Å². The molecule has 2 aromatic rings. The van der Waals surface area contributed by atoms with E-state index in [-0.39, 0.29) is 12.2 Å². The Labute approximate surface area is 214 Å². The van der Waals surface area contributed by atoms with Crippen molar-refractivity contribution in [3.05, 3.63) is 65.7 Å². The number of aliphatic carboxylic acids is 1. The molecular formula is C29H39NO6. The molecule has 0 aromatic heterocycles. The molecule has 1 fully saturated rings. The van der Waals surface area contributed by atoms with E-state index in [0.29, 0.717) is 38.5 Å². The lowest BCUT2D eigenvalue weighted by Crippen LogP contribution is -2.38. The van der Waals surface area contributed by atoms with Gasteiger partial charge in [-0.2, -0.15) is 0 Å². The minimum Gasteiger partial charge on any atom is -0.492 e. The molecule has 7 nitrogen and oxygen atoms in total. The number of carboxylic acids is 1. The second-order valence-corrected chi connectivity index (χ2v) is 9.20. The van der Waals surface area contributed by atoms with E-state index in [4.69, 9.17) is 14.2 Å². The van der Waals surface area contributed by atoms with Crippen LogP contribution in [0.1, 0.15) is 56.6 Å². The number of ether oxygens (including phenoxy) is 3. The van der Waals surface area contributed by atoms with Crippen molar-refractivity contribution >= 4 is 12.1 Å². The lowest BCUT2D eigenvalue weighted by Gasteiger charge is -2.27. The first kappa shape index (κ1) is 27.5. The summed E-state index contributed by atoms with van der Waals surface area (Å²) in [4.78, 5) is 26.0. The van der Waals surface area contributed by atoms with Crippen molar-refractivity contribution in [2.75, 3.05) is 26.3 Å². The first-order valence-electron chi connectivity index (χ1n) is 13.1. The number of rotatable bonds is 14. The quantitative estimate of drug-likeness (QED) is 0.371. The van der Waals surface area contributed by atoms with Gasteiger partial charge in [-0.25, -0.2) is 9.59 Å². The van der Waals surface area contributed by atoms with Crippen LogP contribution in [-0.4, -0.2) is 60.6 Å². The van der Waals surface area contributed by atoms with E-state index >= 15 is 0 Å². The maximum Gasteiger partial charge on any atom is 0.410 e. The fourth-order valence-electron chi connectivity index (χ4n) is 4.44. The van der Waals surface area contributed by atoms with Gasteiger partial charge in [0.1, 0.15) is 18.5 Å². The van der Waals surface area contributed by atoms with Crippen molar-refractivity contribution in [1.82, 2.24) is 4.90 Å². The molecule has 1 N–H and O–H groups in total. The van der Waals surface area contributed by atoms with Gasteiger partial charge >= 0.3 is 12.1 Å². The number of benzene rings is 2. The molecule has 1 aliphatic carbocycles. The fraction of sp³-hybridized carbons (Fsp3) is 0.517. The van der Waals surface area contributed by atoms with Gasteiger partial charge in [-0.05, 0) is 68.7 Å². The Morgan fingerprint density at radius 3 is 2.36 bits per heavy atom. The molecule has 0 radical (unpaired) electrons. The highest BCUT2D eigenvalue weighted by Crippen LogP contribution is 2.21. The number of carboxylic acid groups (broad SMARTS) is 1. The summed E-state index contributed by atoms with van der Waals surface area (Å²) in [6.45, 7) is 3.53. The van der Waals surface area contributed by atoms with Crippen LogP contribution in [-0.2, 0) is 27.1 Å². The normalized spacial score (nSPS) is 14.7. The highest BCUT2D eigenvalue weighted by molar-refractivity contribution is 5.72. The third-order valence-electron chi connectivity index (χ3n) is 6.43. The van der Waals surface area contributed by atoms with Gasteiger partial charge in [0.25, 0.3) is 0 Å². The topological polar surface area (TPSA) is 85.3 Å². The largest absolute Gasteiger partial charge is 0.492 e. The van der Waals surface area contributed by atoms with Gasteiger partial charge in [0.2, 0.25) is 0 Å². The maximum atomic E-state index is 12.9. The molecule has 196 valence electrons. The lowest BCUT2D eigenvalue weighted by molar-refractivity contribution is -0.149. The molecule has 0 heterocycles. The summed E-state index contributed by atoms with van der Waals surface area (Å²) >= 11 is 0. The molecule has 3 rings (SSSR count). The van der Waals surface area contributed by atoms with Gasteiger partial charge in [0, 0.05) is 19.6 Å². The number of carbonyl (C=O) groups is 2. The smallest absolute Gasteiger partial charge is 0.410 e. The molecular weight excluding hydrogens is 458 g/mol. The van der Waals surface area contributed by atoms with Crippen LogP contribution < -0.4 is 4.74 Å². The van der Waals surface area contributed by atoms with E-state index in [1.165, 1.54) is 12.0 Å². The zero-order valence-corrected chi connectivity index (χ0v) is 21.3. The van der Waals surface area contributed by atoms with Gasteiger partial charge in [-0.1, -0.05) is 48.9 Å². The zero-order valence-electron chi connectivity index (χ0n) is 21.3. The van der Waals surface area contributed by atoms with Crippen LogP contribution in [0.4, 0.5) is 4.79 Å². The Morgan fingerprint density at radius 1 is 0.972 bits per heavy atom. The summed E-state index contributed by atoms with van der Waals surface area (Å²) in [5.74, 6) is -0.295. The highest BCUT2D eigenvalue weighted by Gasteiger charge is 2.22. The van der Waals surface area contributed by atoms with Crippen LogP contribution >= 0.6 is 0 Å². The summed E-state index contributed by atoms with van der Waals surface area (Å²) in [6.07, 6.45) is 6.27. The Balaban J connectivity index is 1.50. The van der Waals surface area contributed by atoms with Crippen LogP contribution in [0.5, 0.6) is 5.75 Å². The van der Waals surface area contributed by atoms with Gasteiger partial charge in [0.05, 0.1) is 6.54 Å². The Kier molecular flexibility index (Phi) is 11.6. The van der Waals surface area contributed by atoms with Crippen LogP contribution in [0, 0.1) is 0 Å². The predicted octanol–water partition coefficient (Wildman–Crippen LogP) is 5.50. The van der Waals surface area contributed by atoms with Crippen molar-refractivity contribution in [3.8, 4) is 5.75 Å². The van der Waals surface area contributed by atoms with Crippen molar-refractivity contribution in [2.45, 2.75) is 70.5 Å². The number of carbonyl (C=O) groups excluding carboxylic acids is 1. The van der Waals surface area contributed by atoms with Crippen molar-refractivity contribution in [3.63, 3.8) is 0 Å². The van der Waals surface area contributed by atoms with Gasteiger partial charge < -0.3 is 24.2 Å². The molecule has 36 heavy (non-hydrogen) atoms. The van der Waals surface area contributed by atoms with Gasteiger partial charge in [0.15, 0.2) is 6.10 Å². The zero-order chi connectivity index (χ0) is 25.6. The minimum atomic E-state index is -0.968. The number of amides is 1. The van der Waals surface area contributed by atoms with Crippen LogP contribution in [0.2, 0.25) is 0 Å². The molecule has 0 saturated heterocycles. The summed E-state index contributed by atoms with van der Waals surface area (Å²) in [6, 6.07) is 17.6. The average Bonchev–Trinajstić information content (AvgIpc) is 2.89. The molecule has 1 aliphatic rings. The number of hydrogen-bond acceptors (Lipinski definition) is 5. The Hall–Kier alpha value is -3.06. The fourth-order valence-corrected chi connectivity index (χ4v) is 4.44. The average molecular weight is 498 g/mol. The van der Waals surface area contributed by atoms with E-state index in [0.717, 1.165) is 44.1 Å². The summed E-state index contributed by atoms with van der Waals surface area (Å²) in [5, 5.41) is 9.27. The first-order valence-corrected chi connectivity index (χ1v) is 13.1. The van der Waals surface area contributed by atoms with Crippen molar-refractivity contribution < 1.29 is 28.9 Å². The molecule has 1 unspecified atom stereocenters. The highest BCUT2D eigenvalue weighted by atomic mass is 16.6. The Morgan fingerprint density at radius 2 is 1.69 bits per heavy atom. The number of nitrogens with zero attached hydrogens (tertiary/aromatic N) is 1. The molecule has 2 aromatic carbocycles. The molecule has 0 aliphatic heterocycles. The third kappa shape index (κ3) is 9.53. The SMILES string of the molecule is CCOC(Cc1ccc(OCCN(CCCc2ccccc2)C(=O)OC2CCCCC2)cc1)C(=O)O. The second-order valence-electron chi connectivity index (χ2n) is 9.20. The molecule has 7 heteroatoms. The van der Waals surface area contributed by atoms with Crippen LogP contribution in [0.25, 0.3) is 0 Å². The van der Waals surface area contributed by atoms with E-state index in [2.05, 4.69) is 12.1 Å². The Bertz CT molecular complexity index is 911. The molecule has 1 atom stereocenters. The molecule has 0 bridgehead atoms. The number of aryl methyl sites for hydroxylation is 1. The van der Waals surface area contributed by atoms with E-state index in [1.807, 2.05) is 42.5 Å². The third-order valence-corrected chi connectivity index (χ3v) is 6.43. The summed E-state index contributed by atoms with van der Waals surface area (Å²) < 4.78 is 17.0. The lowest BCUT2D eigenvalue weighted by atomic mass is 9.98. The van der Waals surface area contributed by atoms with Crippen LogP contribution in [0.15, 0.2) is 54.6 Å². The van der Waals surface area contributed by atoms with E-state index in [1.54, 1.807) is 11.8 Å². The molecule has 1 amide bonds. The van der Waals surface area contributed by atoms with Gasteiger partial charge in [-0.3, -0.25) is 0 Å². The van der Waals surface area contributed by atoms with E-state index in [9.17, 15) is 14.7 Å². The minimum absolute atomic E-state index is 0.0163. The van der Waals surface area contributed by atoms with Gasteiger partial charge in [-0.15, -0.1) is 0 Å².